The van der Waals surface area contributed by atoms with E-state index in [1.54, 1.807) is 43.6 Å². The quantitative estimate of drug-likeness (QED) is 0.299. The number of nitrogens with one attached hydrogen (secondary N) is 3. The van der Waals surface area contributed by atoms with E-state index in [2.05, 4.69) is 42.7 Å². The highest BCUT2D eigenvalue weighted by Gasteiger charge is 2.47. The van der Waals surface area contributed by atoms with E-state index in [9.17, 15) is 9.59 Å². The van der Waals surface area contributed by atoms with Crippen LogP contribution in [0.25, 0.3) is 22.6 Å². The highest BCUT2D eigenvalue weighted by atomic mass is 16.5. The molecule has 11 heteroatoms. The molecule has 3 N–H and O–H groups in total. The summed E-state index contributed by atoms with van der Waals surface area (Å²) in [4.78, 5) is 29.3. The van der Waals surface area contributed by atoms with Crippen LogP contribution in [0.15, 0.2) is 67.5 Å². The molecule has 0 aliphatic heterocycles. The second-order valence-electron chi connectivity index (χ2n) is 9.95. The first-order valence-electron chi connectivity index (χ1n) is 12.8. The van der Waals surface area contributed by atoms with Crippen molar-refractivity contribution in [2.24, 2.45) is 11.8 Å². The van der Waals surface area contributed by atoms with Crippen LogP contribution in [0.2, 0.25) is 0 Å². The molecule has 4 aromatic rings. The normalized spacial score (nSPS) is 21.5. The molecule has 2 bridgehead atoms. The van der Waals surface area contributed by atoms with Crippen molar-refractivity contribution < 1.29 is 14.3 Å². The second kappa shape index (κ2) is 10.2. The van der Waals surface area contributed by atoms with Crippen molar-refractivity contribution in [2.75, 3.05) is 12.4 Å². The Kier molecular flexibility index (Phi) is 6.39. The summed E-state index contributed by atoms with van der Waals surface area (Å²) in [6.07, 6.45) is 7.86. The van der Waals surface area contributed by atoms with Gasteiger partial charge in [0.15, 0.2) is 0 Å². The van der Waals surface area contributed by atoms with E-state index in [1.165, 1.54) is 6.08 Å². The van der Waals surface area contributed by atoms with Crippen molar-refractivity contribution in [3.63, 3.8) is 0 Å². The number of benzene rings is 1. The van der Waals surface area contributed by atoms with Gasteiger partial charge in [-0.25, -0.2) is 9.67 Å². The predicted molar refractivity (Wildman–Crippen MR) is 144 cm³/mol. The maximum absolute atomic E-state index is 13.0. The number of amides is 2. The third-order valence-corrected chi connectivity index (χ3v) is 7.69. The van der Waals surface area contributed by atoms with Gasteiger partial charge in [0, 0.05) is 17.8 Å². The molecule has 198 valence electrons. The van der Waals surface area contributed by atoms with Crippen LogP contribution in [0.1, 0.15) is 35.8 Å². The van der Waals surface area contributed by atoms with Gasteiger partial charge >= 0.3 is 0 Å². The number of methoxy groups -OCH3 is 1. The van der Waals surface area contributed by atoms with E-state index >= 15 is 0 Å². The van der Waals surface area contributed by atoms with E-state index in [0.29, 0.717) is 34.7 Å². The van der Waals surface area contributed by atoms with Crippen LogP contribution in [0.5, 0.6) is 5.75 Å². The maximum Gasteiger partial charge on any atom is 0.274 e. The molecule has 2 amide bonds. The van der Waals surface area contributed by atoms with Crippen LogP contribution >= 0.6 is 0 Å². The Bertz CT molecular complexity index is 1520. The predicted octanol–water partition coefficient (Wildman–Crippen LogP) is 3.63. The summed E-state index contributed by atoms with van der Waals surface area (Å²) in [5.41, 5.74) is 3.64. The van der Waals surface area contributed by atoms with E-state index in [-0.39, 0.29) is 29.6 Å². The topological polar surface area (TPSA) is 140 Å². The molecular formula is C28H28N8O3. The Labute approximate surface area is 224 Å². The van der Waals surface area contributed by atoms with Gasteiger partial charge in [-0.05, 0) is 67.5 Å². The van der Waals surface area contributed by atoms with Crippen LogP contribution in [0, 0.1) is 11.8 Å². The number of carbonyl (C=O) groups is 2. The van der Waals surface area contributed by atoms with Crippen LogP contribution in [0.3, 0.4) is 0 Å². The molecule has 3 fully saturated rings. The van der Waals surface area contributed by atoms with Gasteiger partial charge in [-0.3, -0.25) is 14.7 Å². The fourth-order valence-electron chi connectivity index (χ4n) is 5.56. The number of ether oxygens (including phenoxy) is 1. The molecule has 3 aliphatic rings. The minimum Gasteiger partial charge on any atom is -0.495 e. The van der Waals surface area contributed by atoms with Crippen LogP contribution in [0.4, 0.5) is 5.69 Å². The van der Waals surface area contributed by atoms with Crippen molar-refractivity contribution in [1.82, 2.24) is 35.5 Å². The number of hydrogen-bond donors (Lipinski definition) is 3. The molecule has 7 rings (SSSR count). The molecular weight excluding hydrogens is 496 g/mol. The molecule has 2 atom stereocenters. The molecule has 11 nitrogen and oxygen atoms in total. The molecule has 0 spiro atoms. The van der Waals surface area contributed by atoms with Gasteiger partial charge in [-0.15, -0.1) is 5.10 Å². The van der Waals surface area contributed by atoms with Crippen molar-refractivity contribution in [2.45, 2.75) is 31.3 Å². The van der Waals surface area contributed by atoms with Crippen molar-refractivity contribution >= 4 is 17.5 Å². The number of fused-ring (bicyclic) bond motifs is 2. The number of hydrogen-bond acceptors (Lipinski definition) is 7. The first kappa shape index (κ1) is 24.5. The van der Waals surface area contributed by atoms with Gasteiger partial charge in [-0.1, -0.05) is 23.9 Å². The fourth-order valence-corrected chi connectivity index (χ4v) is 5.56. The minimum absolute atomic E-state index is 0.121. The zero-order valence-corrected chi connectivity index (χ0v) is 21.4. The van der Waals surface area contributed by atoms with Crippen molar-refractivity contribution in [1.29, 1.82) is 0 Å². The van der Waals surface area contributed by atoms with Gasteiger partial charge in [0.1, 0.15) is 17.1 Å². The summed E-state index contributed by atoms with van der Waals surface area (Å²) < 4.78 is 7.50. The minimum atomic E-state index is -0.359. The lowest BCUT2D eigenvalue weighted by molar-refractivity contribution is -0.119. The zero-order valence-electron chi connectivity index (χ0n) is 21.4. The lowest BCUT2D eigenvalue weighted by atomic mass is 9.60. The third kappa shape index (κ3) is 4.78. The van der Waals surface area contributed by atoms with Crippen molar-refractivity contribution in [3.8, 4) is 28.4 Å². The maximum atomic E-state index is 13.0. The van der Waals surface area contributed by atoms with Crippen LogP contribution in [-0.2, 0) is 4.79 Å². The lowest BCUT2D eigenvalue weighted by Gasteiger charge is -2.51. The molecule has 1 aromatic carbocycles. The summed E-state index contributed by atoms with van der Waals surface area (Å²) >= 11 is 0. The summed E-state index contributed by atoms with van der Waals surface area (Å²) in [5.74, 6) is 1.06. The van der Waals surface area contributed by atoms with Gasteiger partial charge in [-0.2, -0.15) is 5.10 Å². The summed E-state index contributed by atoms with van der Waals surface area (Å²) in [5, 5.41) is 21.6. The Morgan fingerprint density at radius 3 is 2.77 bits per heavy atom. The van der Waals surface area contributed by atoms with Gasteiger partial charge in [0.2, 0.25) is 5.91 Å². The lowest BCUT2D eigenvalue weighted by Crippen LogP contribution is -2.53. The number of H-pyrrole nitrogens is 1. The van der Waals surface area contributed by atoms with Crippen LogP contribution < -0.4 is 15.4 Å². The Balaban J connectivity index is 1.18. The summed E-state index contributed by atoms with van der Waals surface area (Å²) in [6.45, 7) is 3.56. The highest BCUT2D eigenvalue weighted by Crippen LogP contribution is 2.51. The first-order valence-corrected chi connectivity index (χ1v) is 12.8. The van der Waals surface area contributed by atoms with E-state index < -0.39 is 0 Å². The number of aromatic amines is 1. The average Bonchev–Trinajstić information content (AvgIpc) is 3.66. The number of pyridine rings is 1. The Morgan fingerprint density at radius 2 is 2.00 bits per heavy atom. The van der Waals surface area contributed by atoms with E-state index in [4.69, 9.17) is 4.74 Å². The van der Waals surface area contributed by atoms with Gasteiger partial charge < -0.3 is 15.4 Å². The second-order valence-corrected chi connectivity index (χ2v) is 9.95. The molecule has 3 saturated carbocycles. The fraction of sp³-hybridized carbons (Fsp3) is 0.286. The van der Waals surface area contributed by atoms with E-state index in [1.807, 2.05) is 23.0 Å². The molecule has 1 unspecified atom stereocenters. The third-order valence-electron chi connectivity index (χ3n) is 7.69. The Hall–Kier alpha value is -4.80. The summed E-state index contributed by atoms with van der Waals surface area (Å²) in [6, 6.07) is 12.8. The Morgan fingerprint density at radius 1 is 1.13 bits per heavy atom. The molecule has 3 aliphatic carbocycles. The zero-order chi connectivity index (χ0) is 26.9. The monoisotopic (exact) mass is 524 g/mol. The molecule has 3 heterocycles. The highest BCUT2D eigenvalue weighted by molar-refractivity contribution is 6.04. The first-order chi connectivity index (χ1) is 19.0. The van der Waals surface area contributed by atoms with E-state index in [0.717, 1.165) is 30.5 Å². The average molecular weight is 525 g/mol. The molecule has 0 radical (unpaired) electrons. The smallest absolute Gasteiger partial charge is 0.274 e. The number of nitrogens with zero attached hydrogens (tertiary/aromatic N) is 5. The standard InChI is InChI=1S/C28H28N8O3/c1-3-27(37)31-23-14-25(18-11-17(23)12-18)36-15-24(34-35-36)16-7-8-21(26(13-16)39-2)32-28(38)22-6-4-5-19(30-22)20-9-10-29-33-20/h3-10,13,15,17-18,23,25H,1,11-12,14H2,2H3,(H,29,33)(H,31,37)(H,32,38)/t17?,18?,23-,25?/m1/s1. The number of carbonyl (C=O) groups excluding carboxylic acids is 2. The van der Waals surface area contributed by atoms with Gasteiger partial charge in [0.25, 0.3) is 5.91 Å². The number of anilines is 1. The molecule has 3 aromatic heterocycles. The van der Waals surface area contributed by atoms with Gasteiger partial charge in [0.05, 0.1) is 36.4 Å². The molecule has 39 heavy (non-hydrogen) atoms. The van der Waals surface area contributed by atoms with Crippen molar-refractivity contribution in [3.05, 3.63) is 73.2 Å². The summed E-state index contributed by atoms with van der Waals surface area (Å²) in [7, 11) is 1.55. The molecule has 0 saturated heterocycles. The number of aromatic nitrogens is 6. The SMILES string of the molecule is C=CC(=O)N[C@@H]1CC(n2cc(-c3ccc(NC(=O)c4cccc(-c5ccn[nH]5)n4)c(OC)c3)nn2)C2CC1C2. The number of rotatable bonds is 8. The van der Waals surface area contributed by atoms with Crippen LogP contribution in [-0.4, -0.2) is 55.1 Å². The largest absolute Gasteiger partial charge is 0.495 e.